The molecule has 0 saturated heterocycles. The van der Waals surface area contributed by atoms with Crippen LogP contribution in [0.4, 0.5) is 0 Å². The van der Waals surface area contributed by atoms with Crippen molar-refractivity contribution in [3.63, 3.8) is 0 Å². The van der Waals surface area contributed by atoms with Crippen molar-refractivity contribution in [1.29, 1.82) is 0 Å². The highest BCUT2D eigenvalue weighted by atomic mass is 32.2. The van der Waals surface area contributed by atoms with Crippen LogP contribution in [0.25, 0.3) is 11.2 Å². The topological polar surface area (TPSA) is 61.8 Å². The van der Waals surface area contributed by atoms with Gasteiger partial charge in [0.15, 0.2) is 16.3 Å². The smallest absolute Gasteiger partial charge is 0.316 e. The van der Waals surface area contributed by atoms with Gasteiger partial charge in [0.2, 0.25) is 0 Å². The highest BCUT2D eigenvalue weighted by molar-refractivity contribution is 7.99. The van der Waals surface area contributed by atoms with Gasteiger partial charge in [0.1, 0.15) is 0 Å². The van der Waals surface area contributed by atoms with Crippen LogP contribution < -0.4 is 11.2 Å². The standard InChI is InChI=1S/C12H16N4O2S/c1-14-8-9(13-11(14)19-6-7-4-5-7)15(2)12(18)16(3)10(8)17/h7H,4-6H2,1-3H3. The molecular formula is C12H16N4O2S. The second-order valence-corrected chi connectivity index (χ2v) is 6.07. The Hall–Kier alpha value is -1.50. The summed E-state index contributed by atoms with van der Waals surface area (Å²) >= 11 is 1.66. The average molecular weight is 280 g/mol. The Morgan fingerprint density at radius 3 is 2.47 bits per heavy atom. The molecule has 2 aromatic heterocycles. The summed E-state index contributed by atoms with van der Waals surface area (Å²) in [5.41, 5.74) is 0.331. The van der Waals surface area contributed by atoms with Crippen molar-refractivity contribution in [3.8, 4) is 0 Å². The van der Waals surface area contributed by atoms with Crippen LogP contribution in [0, 0.1) is 5.92 Å². The van der Waals surface area contributed by atoms with Crippen LogP contribution in [0.15, 0.2) is 14.7 Å². The summed E-state index contributed by atoms with van der Waals surface area (Å²) in [5, 5.41) is 0.806. The summed E-state index contributed by atoms with van der Waals surface area (Å²) in [4.78, 5) is 28.5. The van der Waals surface area contributed by atoms with Crippen LogP contribution in [0.2, 0.25) is 0 Å². The number of fused-ring (bicyclic) bond motifs is 1. The first kappa shape index (κ1) is 12.5. The van der Waals surface area contributed by atoms with E-state index in [2.05, 4.69) is 4.98 Å². The van der Waals surface area contributed by atoms with E-state index in [4.69, 9.17) is 0 Å². The largest absolute Gasteiger partial charge is 0.332 e. The number of hydrogen-bond acceptors (Lipinski definition) is 4. The van der Waals surface area contributed by atoms with Crippen molar-refractivity contribution < 1.29 is 0 Å². The fourth-order valence-corrected chi connectivity index (χ4v) is 3.26. The Balaban J connectivity index is 2.19. The second-order valence-electron chi connectivity index (χ2n) is 5.09. The van der Waals surface area contributed by atoms with Crippen LogP contribution in [0.1, 0.15) is 12.8 Å². The quantitative estimate of drug-likeness (QED) is 0.767. The van der Waals surface area contributed by atoms with Gasteiger partial charge in [-0.15, -0.1) is 0 Å². The minimum atomic E-state index is -0.339. The summed E-state index contributed by atoms with van der Waals surface area (Å²) in [7, 11) is 4.97. The van der Waals surface area contributed by atoms with Crippen LogP contribution in [-0.4, -0.2) is 24.4 Å². The molecule has 0 aromatic carbocycles. The Bertz CT molecular complexity index is 767. The first-order chi connectivity index (χ1) is 9.00. The molecule has 0 spiro atoms. The van der Waals surface area contributed by atoms with E-state index in [1.807, 2.05) is 7.05 Å². The Morgan fingerprint density at radius 1 is 1.16 bits per heavy atom. The van der Waals surface area contributed by atoms with E-state index in [1.54, 1.807) is 23.4 Å². The van der Waals surface area contributed by atoms with Gasteiger partial charge in [0, 0.05) is 26.9 Å². The van der Waals surface area contributed by atoms with Crippen LogP contribution in [0.5, 0.6) is 0 Å². The lowest BCUT2D eigenvalue weighted by molar-refractivity contribution is 0.705. The molecule has 0 radical (unpaired) electrons. The van der Waals surface area contributed by atoms with Crippen molar-refractivity contribution >= 4 is 22.9 Å². The Labute approximate surface area is 114 Å². The van der Waals surface area contributed by atoms with Gasteiger partial charge in [-0.25, -0.2) is 9.78 Å². The zero-order chi connectivity index (χ0) is 13.7. The molecule has 7 heteroatoms. The van der Waals surface area contributed by atoms with Crippen molar-refractivity contribution in [2.75, 3.05) is 5.75 Å². The molecule has 0 aliphatic heterocycles. The third-order valence-electron chi connectivity index (χ3n) is 3.58. The van der Waals surface area contributed by atoms with Gasteiger partial charge in [-0.1, -0.05) is 11.8 Å². The molecule has 102 valence electrons. The molecule has 1 saturated carbocycles. The lowest BCUT2D eigenvalue weighted by Crippen LogP contribution is -2.37. The third-order valence-corrected chi connectivity index (χ3v) is 4.84. The molecule has 0 N–H and O–H groups in total. The van der Waals surface area contributed by atoms with Crippen LogP contribution >= 0.6 is 11.8 Å². The predicted octanol–water partition coefficient (Wildman–Crippen LogP) is 0.473. The zero-order valence-corrected chi connectivity index (χ0v) is 12.0. The molecule has 2 heterocycles. The van der Waals surface area contributed by atoms with Gasteiger partial charge in [-0.2, -0.15) is 0 Å². The van der Waals surface area contributed by atoms with Gasteiger partial charge >= 0.3 is 5.69 Å². The summed E-state index contributed by atoms with van der Waals surface area (Å²) < 4.78 is 4.35. The molecule has 0 amide bonds. The first-order valence-electron chi connectivity index (χ1n) is 6.26. The number of hydrogen-bond donors (Lipinski definition) is 0. The summed E-state index contributed by atoms with van der Waals surface area (Å²) in [6.45, 7) is 0. The highest BCUT2D eigenvalue weighted by Gasteiger charge is 2.23. The summed E-state index contributed by atoms with van der Waals surface area (Å²) in [5.74, 6) is 1.82. The van der Waals surface area contributed by atoms with E-state index < -0.39 is 0 Å². The van der Waals surface area contributed by atoms with E-state index in [0.717, 1.165) is 21.4 Å². The van der Waals surface area contributed by atoms with Crippen molar-refractivity contribution in [2.45, 2.75) is 18.0 Å². The molecule has 0 atom stereocenters. The van der Waals surface area contributed by atoms with Gasteiger partial charge in [-0.3, -0.25) is 13.9 Å². The lowest BCUT2D eigenvalue weighted by atomic mass is 10.5. The number of aryl methyl sites for hydroxylation is 2. The number of rotatable bonds is 3. The maximum atomic E-state index is 12.2. The molecule has 0 bridgehead atoms. The van der Waals surface area contributed by atoms with Crippen LogP contribution in [0.3, 0.4) is 0 Å². The predicted molar refractivity (Wildman–Crippen MR) is 74.6 cm³/mol. The van der Waals surface area contributed by atoms with Crippen molar-refractivity contribution in [2.24, 2.45) is 27.1 Å². The van der Waals surface area contributed by atoms with E-state index in [1.165, 1.54) is 24.5 Å². The lowest BCUT2D eigenvalue weighted by Gasteiger charge is -2.03. The summed E-state index contributed by atoms with van der Waals surface area (Å²) in [6.07, 6.45) is 2.58. The van der Waals surface area contributed by atoms with E-state index in [9.17, 15) is 9.59 Å². The van der Waals surface area contributed by atoms with E-state index in [0.29, 0.717) is 11.2 Å². The average Bonchev–Trinajstić information content (AvgIpc) is 3.16. The second kappa shape index (κ2) is 4.26. The van der Waals surface area contributed by atoms with Gasteiger partial charge in [0.25, 0.3) is 5.56 Å². The highest BCUT2D eigenvalue weighted by Crippen LogP contribution is 2.34. The molecule has 0 unspecified atom stereocenters. The molecule has 1 aliphatic rings. The van der Waals surface area contributed by atoms with E-state index >= 15 is 0 Å². The molecular weight excluding hydrogens is 264 g/mol. The maximum absolute atomic E-state index is 12.2. The summed E-state index contributed by atoms with van der Waals surface area (Å²) in [6, 6.07) is 0. The molecule has 19 heavy (non-hydrogen) atoms. The van der Waals surface area contributed by atoms with Crippen LogP contribution in [-0.2, 0) is 21.1 Å². The number of aromatic nitrogens is 4. The van der Waals surface area contributed by atoms with Gasteiger partial charge in [0.05, 0.1) is 0 Å². The SMILES string of the molecule is Cn1c(=O)c2c(nc(SCC3CC3)n2C)n(C)c1=O. The normalized spacial score (nSPS) is 15.3. The maximum Gasteiger partial charge on any atom is 0.332 e. The fourth-order valence-electron chi connectivity index (χ4n) is 2.10. The number of nitrogens with zero attached hydrogens (tertiary/aromatic N) is 4. The first-order valence-corrected chi connectivity index (χ1v) is 7.24. The monoisotopic (exact) mass is 280 g/mol. The third kappa shape index (κ3) is 1.92. The fraction of sp³-hybridized carbons (Fsp3) is 0.583. The molecule has 1 aliphatic carbocycles. The van der Waals surface area contributed by atoms with E-state index in [-0.39, 0.29) is 11.2 Å². The van der Waals surface area contributed by atoms with Gasteiger partial charge < -0.3 is 4.57 Å². The van der Waals surface area contributed by atoms with Crippen molar-refractivity contribution in [1.82, 2.24) is 18.7 Å². The number of imidazole rings is 1. The molecule has 6 nitrogen and oxygen atoms in total. The minimum Gasteiger partial charge on any atom is -0.316 e. The molecule has 1 fully saturated rings. The van der Waals surface area contributed by atoms with Crippen molar-refractivity contribution in [3.05, 3.63) is 20.8 Å². The minimum absolute atomic E-state index is 0.286. The number of thioether (sulfide) groups is 1. The van der Waals surface area contributed by atoms with Gasteiger partial charge in [-0.05, 0) is 18.8 Å². The zero-order valence-electron chi connectivity index (χ0n) is 11.2. The Kier molecular flexibility index (Phi) is 2.81. The molecule has 3 rings (SSSR count). The Morgan fingerprint density at radius 2 is 1.84 bits per heavy atom. The molecule has 2 aromatic rings.